The fourth-order valence-corrected chi connectivity index (χ4v) is 4.21. The summed E-state index contributed by atoms with van der Waals surface area (Å²) in [5.41, 5.74) is -0.0543. The fourth-order valence-electron chi connectivity index (χ4n) is 2.51. The number of sulfonamides is 1. The molecule has 1 aliphatic heterocycles. The molecule has 0 aliphatic carbocycles. The zero-order chi connectivity index (χ0) is 20.0. The third-order valence-corrected chi connectivity index (χ3v) is 5.82. The Hall–Kier alpha value is -2.66. The lowest BCUT2D eigenvalue weighted by Crippen LogP contribution is -2.39. The normalized spacial score (nSPS) is 14.4. The number of nitrogens with one attached hydrogen (secondary N) is 2. The number of urea groups is 1. The van der Waals surface area contributed by atoms with Crippen molar-refractivity contribution in [1.29, 1.82) is 0 Å². The molecule has 0 radical (unpaired) electrons. The predicted octanol–water partition coefficient (Wildman–Crippen LogP) is 0.0921. The first-order chi connectivity index (χ1) is 12.8. The van der Waals surface area contributed by atoms with Crippen molar-refractivity contribution in [2.75, 3.05) is 33.9 Å². The van der Waals surface area contributed by atoms with E-state index in [0.29, 0.717) is 13.1 Å². The Labute approximate surface area is 156 Å². The summed E-state index contributed by atoms with van der Waals surface area (Å²) in [5, 5.41) is 4.12. The molecule has 148 valence electrons. The molecule has 2 rings (SSSR count). The van der Waals surface area contributed by atoms with Crippen LogP contribution in [0.2, 0.25) is 0 Å². The lowest BCUT2D eigenvalue weighted by atomic mass is 10.2. The van der Waals surface area contributed by atoms with E-state index in [1.807, 2.05) is 5.32 Å². The van der Waals surface area contributed by atoms with E-state index in [4.69, 9.17) is 9.47 Å². The van der Waals surface area contributed by atoms with Crippen LogP contribution >= 0.6 is 0 Å². The lowest BCUT2D eigenvalue weighted by Gasteiger charge is -2.18. The molecule has 0 atom stereocenters. The molecule has 1 heterocycles. The minimum Gasteiger partial charge on any atom is -0.495 e. The van der Waals surface area contributed by atoms with Crippen LogP contribution in [0.5, 0.6) is 5.75 Å². The fraction of sp³-hybridized carbons (Fsp3) is 0.438. The maximum atomic E-state index is 12.8. The molecule has 0 spiro atoms. The number of hydrogen-bond donors (Lipinski definition) is 2. The molecule has 1 saturated heterocycles. The van der Waals surface area contributed by atoms with Crippen molar-refractivity contribution < 1.29 is 32.3 Å². The van der Waals surface area contributed by atoms with Crippen molar-refractivity contribution >= 4 is 27.9 Å². The molecule has 10 nitrogen and oxygen atoms in total. The minimum atomic E-state index is -3.82. The van der Waals surface area contributed by atoms with Crippen molar-refractivity contribution in [3.63, 3.8) is 0 Å². The maximum absolute atomic E-state index is 12.8. The van der Waals surface area contributed by atoms with Crippen LogP contribution in [0.25, 0.3) is 0 Å². The Morgan fingerprint density at radius 2 is 1.85 bits per heavy atom. The predicted molar refractivity (Wildman–Crippen MR) is 93.9 cm³/mol. The second-order valence-corrected chi connectivity index (χ2v) is 7.59. The van der Waals surface area contributed by atoms with E-state index in [0.717, 1.165) is 18.9 Å². The standard InChI is InChI=1S/C16H21N3O7S/c1-17-16(22)18-14(20)10-26-15(21)11-5-6-12(25-2)13(9-11)27(23,24)19-7-3-4-8-19/h5-6,9H,3-4,7-8,10H2,1-2H3,(H2,17,18,20,22). The molecule has 0 aromatic heterocycles. The number of amides is 3. The number of benzene rings is 1. The second-order valence-electron chi connectivity index (χ2n) is 5.68. The molecule has 2 N–H and O–H groups in total. The molecular weight excluding hydrogens is 378 g/mol. The van der Waals surface area contributed by atoms with E-state index >= 15 is 0 Å². The van der Waals surface area contributed by atoms with E-state index in [-0.39, 0.29) is 16.2 Å². The molecule has 27 heavy (non-hydrogen) atoms. The van der Waals surface area contributed by atoms with Crippen LogP contribution in [0, 0.1) is 0 Å². The summed E-state index contributed by atoms with van der Waals surface area (Å²) in [6.07, 6.45) is 1.54. The summed E-state index contributed by atoms with van der Waals surface area (Å²) in [6, 6.07) is 3.11. The molecule has 0 saturated carbocycles. The monoisotopic (exact) mass is 399 g/mol. The first kappa shape index (κ1) is 20.6. The SMILES string of the molecule is CNC(=O)NC(=O)COC(=O)c1ccc(OC)c(S(=O)(=O)N2CCCC2)c1. The summed E-state index contributed by atoms with van der Waals surface area (Å²) in [7, 11) is -1.16. The molecule has 1 fully saturated rings. The van der Waals surface area contributed by atoms with Crippen molar-refractivity contribution in [3.05, 3.63) is 23.8 Å². The Morgan fingerprint density at radius 3 is 2.44 bits per heavy atom. The zero-order valence-corrected chi connectivity index (χ0v) is 15.8. The first-order valence-corrected chi connectivity index (χ1v) is 9.60. The molecule has 1 aliphatic rings. The van der Waals surface area contributed by atoms with Crippen LogP contribution in [-0.2, 0) is 19.6 Å². The lowest BCUT2D eigenvalue weighted by molar-refractivity contribution is -0.123. The summed E-state index contributed by atoms with van der Waals surface area (Å²) < 4.78 is 36.9. The summed E-state index contributed by atoms with van der Waals surface area (Å²) in [5.74, 6) is -1.61. The van der Waals surface area contributed by atoms with Crippen molar-refractivity contribution in [1.82, 2.24) is 14.9 Å². The largest absolute Gasteiger partial charge is 0.495 e. The Balaban J connectivity index is 2.17. The van der Waals surface area contributed by atoms with Crippen molar-refractivity contribution in [2.45, 2.75) is 17.7 Å². The van der Waals surface area contributed by atoms with Crippen LogP contribution in [0.15, 0.2) is 23.1 Å². The van der Waals surface area contributed by atoms with Gasteiger partial charge >= 0.3 is 12.0 Å². The number of carbonyl (C=O) groups excluding carboxylic acids is 3. The topological polar surface area (TPSA) is 131 Å². The summed E-state index contributed by atoms with van der Waals surface area (Å²) >= 11 is 0. The minimum absolute atomic E-state index is 0.0543. The van der Waals surface area contributed by atoms with Gasteiger partial charge in [-0.2, -0.15) is 4.31 Å². The van der Waals surface area contributed by atoms with Gasteiger partial charge < -0.3 is 14.8 Å². The highest BCUT2D eigenvalue weighted by Gasteiger charge is 2.31. The first-order valence-electron chi connectivity index (χ1n) is 8.16. The molecule has 1 aromatic carbocycles. The molecule has 1 aromatic rings. The van der Waals surface area contributed by atoms with Crippen LogP contribution in [-0.4, -0.2) is 64.5 Å². The van der Waals surface area contributed by atoms with Gasteiger partial charge in [-0.15, -0.1) is 0 Å². The number of hydrogen-bond acceptors (Lipinski definition) is 7. The summed E-state index contributed by atoms with van der Waals surface area (Å²) in [4.78, 5) is 34.5. The molecule has 0 bridgehead atoms. The number of methoxy groups -OCH3 is 1. The Kier molecular flexibility index (Phi) is 6.75. The van der Waals surface area contributed by atoms with Gasteiger partial charge in [0.1, 0.15) is 10.6 Å². The second kappa shape index (κ2) is 8.82. The number of imide groups is 1. The number of ether oxygens (including phenoxy) is 2. The quantitative estimate of drug-likeness (QED) is 0.648. The van der Waals surface area contributed by atoms with Gasteiger partial charge in [-0.1, -0.05) is 0 Å². The van der Waals surface area contributed by atoms with E-state index in [2.05, 4.69) is 5.32 Å². The number of esters is 1. The van der Waals surface area contributed by atoms with Gasteiger partial charge in [0.2, 0.25) is 10.0 Å². The van der Waals surface area contributed by atoms with Gasteiger partial charge in [-0.3, -0.25) is 10.1 Å². The van der Waals surface area contributed by atoms with Gasteiger partial charge in [0.05, 0.1) is 12.7 Å². The van der Waals surface area contributed by atoms with Crippen molar-refractivity contribution in [3.8, 4) is 5.75 Å². The van der Waals surface area contributed by atoms with Crippen LogP contribution in [0.3, 0.4) is 0 Å². The molecule has 11 heteroatoms. The maximum Gasteiger partial charge on any atom is 0.338 e. The zero-order valence-electron chi connectivity index (χ0n) is 15.0. The van der Waals surface area contributed by atoms with Gasteiger partial charge in [-0.05, 0) is 31.0 Å². The Bertz CT molecular complexity index is 832. The van der Waals surface area contributed by atoms with Gasteiger partial charge in [0.25, 0.3) is 5.91 Å². The molecular formula is C16H21N3O7S. The summed E-state index contributed by atoms with van der Waals surface area (Å²) in [6.45, 7) is 0.117. The number of carbonyl (C=O) groups is 3. The molecule has 0 unspecified atom stereocenters. The highest BCUT2D eigenvalue weighted by molar-refractivity contribution is 7.89. The Morgan fingerprint density at radius 1 is 1.19 bits per heavy atom. The number of rotatable bonds is 6. The average molecular weight is 399 g/mol. The van der Waals surface area contributed by atoms with Crippen LogP contribution < -0.4 is 15.4 Å². The average Bonchev–Trinajstić information content (AvgIpc) is 3.21. The third kappa shape index (κ3) is 4.95. The van der Waals surface area contributed by atoms with E-state index in [1.165, 1.54) is 30.6 Å². The van der Waals surface area contributed by atoms with E-state index < -0.39 is 34.5 Å². The van der Waals surface area contributed by atoms with Crippen LogP contribution in [0.1, 0.15) is 23.2 Å². The van der Waals surface area contributed by atoms with Gasteiger partial charge in [-0.25, -0.2) is 18.0 Å². The van der Waals surface area contributed by atoms with Crippen molar-refractivity contribution in [2.24, 2.45) is 0 Å². The van der Waals surface area contributed by atoms with Gasteiger partial charge in [0.15, 0.2) is 6.61 Å². The highest BCUT2D eigenvalue weighted by atomic mass is 32.2. The van der Waals surface area contributed by atoms with Gasteiger partial charge in [0, 0.05) is 20.1 Å². The smallest absolute Gasteiger partial charge is 0.338 e. The molecule has 3 amide bonds. The van der Waals surface area contributed by atoms with E-state index in [1.54, 1.807) is 0 Å². The van der Waals surface area contributed by atoms with Crippen LogP contribution in [0.4, 0.5) is 4.79 Å². The number of nitrogens with zero attached hydrogens (tertiary/aromatic N) is 1. The third-order valence-electron chi connectivity index (χ3n) is 3.90. The highest BCUT2D eigenvalue weighted by Crippen LogP contribution is 2.30. The van der Waals surface area contributed by atoms with E-state index in [9.17, 15) is 22.8 Å².